The number of amides is 1. The number of sulfone groups is 1. The Hall–Kier alpha value is -2.39. The van der Waals surface area contributed by atoms with E-state index in [0.717, 1.165) is 6.92 Å². The molecule has 164 valence electrons. The molecule has 0 fully saturated rings. The van der Waals surface area contributed by atoms with E-state index < -0.39 is 21.6 Å². The highest BCUT2D eigenvalue weighted by Gasteiger charge is 2.53. The number of hydrogen-bond donors (Lipinski definition) is 1. The number of benzene rings is 2. The fourth-order valence-electron chi connectivity index (χ4n) is 2.86. The molecule has 9 heteroatoms. The first-order valence-electron chi connectivity index (χ1n) is 9.35. The predicted octanol–water partition coefficient (Wildman–Crippen LogP) is 4.48. The van der Waals surface area contributed by atoms with Crippen LogP contribution in [0.4, 0.5) is 18.9 Å². The SMILES string of the molecule is CCOC(C)(c1ccc(NC(=O)Cc2ccc(S(=O)(=O)CC)cc2)cc1)C(F)(F)F. The molecule has 0 saturated carbocycles. The summed E-state index contributed by atoms with van der Waals surface area (Å²) in [7, 11) is -3.31. The molecule has 0 aliphatic rings. The van der Waals surface area contributed by atoms with Crippen LogP contribution in [0.15, 0.2) is 53.4 Å². The lowest BCUT2D eigenvalue weighted by Gasteiger charge is -2.32. The van der Waals surface area contributed by atoms with Crippen LogP contribution in [0.25, 0.3) is 0 Å². The number of anilines is 1. The van der Waals surface area contributed by atoms with Crippen molar-refractivity contribution in [3.63, 3.8) is 0 Å². The fourth-order valence-corrected chi connectivity index (χ4v) is 3.75. The van der Waals surface area contributed by atoms with Crippen molar-refractivity contribution >= 4 is 21.4 Å². The summed E-state index contributed by atoms with van der Waals surface area (Å²) in [5.74, 6) is -0.392. The van der Waals surface area contributed by atoms with Crippen molar-refractivity contribution in [2.24, 2.45) is 0 Å². The molecule has 0 saturated heterocycles. The maximum Gasteiger partial charge on any atom is 0.421 e. The van der Waals surface area contributed by atoms with Gasteiger partial charge in [0.2, 0.25) is 5.91 Å². The molecule has 1 N–H and O–H groups in total. The second-order valence-electron chi connectivity index (χ2n) is 6.81. The Labute approximate surface area is 174 Å². The van der Waals surface area contributed by atoms with Crippen molar-refractivity contribution in [3.05, 3.63) is 59.7 Å². The summed E-state index contributed by atoms with van der Waals surface area (Å²) in [5.41, 5.74) is -1.55. The van der Waals surface area contributed by atoms with E-state index in [9.17, 15) is 26.4 Å². The largest absolute Gasteiger partial charge is 0.421 e. The number of hydrogen-bond acceptors (Lipinski definition) is 4. The van der Waals surface area contributed by atoms with Crippen molar-refractivity contribution in [1.29, 1.82) is 0 Å². The van der Waals surface area contributed by atoms with Crippen LogP contribution in [0.2, 0.25) is 0 Å². The minimum atomic E-state index is -4.59. The van der Waals surface area contributed by atoms with Crippen LogP contribution in [0.5, 0.6) is 0 Å². The summed E-state index contributed by atoms with van der Waals surface area (Å²) < 4.78 is 68.9. The quantitative estimate of drug-likeness (QED) is 0.653. The molecule has 1 amide bonds. The summed E-state index contributed by atoms with van der Waals surface area (Å²) >= 11 is 0. The van der Waals surface area contributed by atoms with E-state index >= 15 is 0 Å². The van der Waals surface area contributed by atoms with Gasteiger partial charge < -0.3 is 10.1 Å². The van der Waals surface area contributed by atoms with Gasteiger partial charge in [0, 0.05) is 12.3 Å². The second kappa shape index (κ2) is 9.18. The van der Waals surface area contributed by atoms with E-state index in [0.29, 0.717) is 11.3 Å². The average molecular weight is 443 g/mol. The second-order valence-corrected chi connectivity index (χ2v) is 9.09. The van der Waals surface area contributed by atoms with Gasteiger partial charge in [-0.1, -0.05) is 31.2 Å². The van der Waals surface area contributed by atoms with Gasteiger partial charge in [-0.15, -0.1) is 0 Å². The minimum absolute atomic E-state index is 0.00653. The number of alkyl halides is 3. The van der Waals surface area contributed by atoms with E-state index in [2.05, 4.69) is 5.32 Å². The van der Waals surface area contributed by atoms with E-state index in [1.165, 1.54) is 43.3 Å². The minimum Gasteiger partial charge on any atom is -0.361 e. The third-order valence-electron chi connectivity index (χ3n) is 4.72. The zero-order chi connectivity index (χ0) is 22.6. The van der Waals surface area contributed by atoms with Crippen LogP contribution in [0, 0.1) is 0 Å². The van der Waals surface area contributed by atoms with Crippen LogP contribution in [-0.2, 0) is 31.4 Å². The van der Waals surface area contributed by atoms with Gasteiger partial charge in [0.1, 0.15) is 0 Å². The third-order valence-corrected chi connectivity index (χ3v) is 6.47. The molecule has 0 bridgehead atoms. The van der Waals surface area contributed by atoms with Crippen LogP contribution in [0.3, 0.4) is 0 Å². The Morgan fingerprint density at radius 1 is 1.00 bits per heavy atom. The zero-order valence-corrected chi connectivity index (χ0v) is 17.7. The van der Waals surface area contributed by atoms with Crippen molar-refractivity contribution < 1.29 is 31.1 Å². The number of carbonyl (C=O) groups excluding carboxylic acids is 1. The topological polar surface area (TPSA) is 72.5 Å². The third kappa shape index (κ3) is 5.40. The monoisotopic (exact) mass is 443 g/mol. The molecule has 1 unspecified atom stereocenters. The zero-order valence-electron chi connectivity index (χ0n) is 16.9. The number of halogens is 3. The normalized spacial score (nSPS) is 14.2. The average Bonchev–Trinajstić information content (AvgIpc) is 2.68. The van der Waals surface area contributed by atoms with Crippen LogP contribution < -0.4 is 5.32 Å². The van der Waals surface area contributed by atoms with Gasteiger partial charge in [-0.25, -0.2) is 8.42 Å². The van der Waals surface area contributed by atoms with Crippen LogP contribution >= 0.6 is 0 Å². The lowest BCUT2D eigenvalue weighted by molar-refractivity contribution is -0.276. The number of nitrogens with one attached hydrogen (secondary N) is 1. The summed E-state index contributed by atoms with van der Waals surface area (Å²) in [6.07, 6.45) is -4.60. The lowest BCUT2D eigenvalue weighted by Crippen LogP contribution is -2.42. The van der Waals surface area contributed by atoms with E-state index in [-0.39, 0.29) is 35.1 Å². The predicted molar refractivity (Wildman–Crippen MR) is 108 cm³/mol. The molecular formula is C21H24F3NO4S. The summed E-state index contributed by atoms with van der Waals surface area (Å²) in [6.45, 7) is 3.90. The van der Waals surface area contributed by atoms with Crippen LogP contribution in [-0.4, -0.2) is 32.9 Å². The Kier molecular flexibility index (Phi) is 7.31. The van der Waals surface area contributed by atoms with Gasteiger partial charge in [0.15, 0.2) is 15.4 Å². The van der Waals surface area contributed by atoms with E-state index in [1.54, 1.807) is 19.1 Å². The van der Waals surface area contributed by atoms with E-state index in [4.69, 9.17) is 4.74 Å². The molecule has 0 aliphatic heterocycles. The molecule has 0 aliphatic carbocycles. The Morgan fingerprint density at radius 3 is 2.03 bits per heavy atom. The van der Waals surface area contributed by atoms with Crippen molar-refractivity contribution in [1.82, 2.24) is 0 Å². The maximum atomic E-state index is 13.4. The molecule has 0 aromatic heterocycles. The Balaban J connectivity index is 2.08. The van der Waals surface area contributed by atoms with Gasteiger partial charge in [0.25, 0.3) is 0 Å². The van der Waals surface area contributed by atoms with Gasteiger partial charge in [0.05, 0.1) is 17.1 Å². The van der Waals surface area contributed by atoms with Crippen molar-refractivity contribution in [2.75, 3.05) is 17.7 Å². The molecule has 1 atom stereocenters. The molecule has 2 aromatic rings. The van der Waals surface area contributed by atoms with Gasteiger partial charge in [-0.2, -0.15) is 13.2 Å². The molecule has 2 rings (SSSR count). The standard InChI is InChI=1S/C21H24F3NO4S/c1-4-29-20(3,21(22,23)24)16-8-10-17(11-9-16)25-19(26)14-15-6-12-18(13-7-15)30(27,28)5-2/h6-13H,4-5,14H2,1-3H3,(H,25,26). The molecule has 0 heterocycles. The first-order chi connectivity index (χ1) is 13.9. The summed E-state index contributed by atoms with van der Waals surface area (Å²) in [5, 5.41) is 2.62. The summed E-state index contributed by atoms with van der Waals surface area (Å²) in [4.78, 5) is 12.4. The van der Waals surface area contributed by atoms with Crippen molar-refractivity contribution in [3.8, 4) is 0 Å². The molecule has 2 aromatic carbocycles. The Bertz CT molecular complexity index is 971. The molecule has 5 nitrogen and oxygen atoms in total. The highest BCUT2D eigenvalue weighted by Crippen LogP contribution is 2.42. The molecule has 30 heavy (non-hydrogen) atoms. The maximum absolute atomic E-state index is 13.4. The lowest BCUT2D eigenvalue weighted by atomic mass is 9.94. The smallest absolute Gasteiger partial charge is 0.361 e. The molecular weight excluding hydrogens is 419 g/mol. The summed E-state index contributed by atoms with van der Waals surface area (Å²) in [6, 6.07) is 11.3. The highest BCUT2D eigenvalue weighted by molar-refractivity contribution is 7.91. The first kappa shape index (κ1) is 23.9. The number of carbonyl (C=O) groups is 1. The highest BCUT2D eigenvalue weighted by atomic mass is 32.2. The molecule has 0 radical (unpaired) electrons. The van der Waals surface area contributed by atoms with E-state index in [1.807, 2.05) is 0 Å². The van der Waals surface area contributed by atoms with Gasteiger partial charge in [-0.05, 0) is 49.2 Å². The van der Waals surface area contributed by atoms with Crippen molar-refractivity contribution in [2.45, 2.75) is 43.9 Å². The Morgan fingerprint density at radius 2 is 1.57 bits per heavy atom. The molecule has 0 spiro atoms. The number of rotatable bonds is 8. The fraction of sp³-hybridized carbons (Fsp3) is 0.381. The van der Waals surface area contributed by atoms with Gasteiger partial charge in [-0.3, -0.25) is 4.79 Å². The van der Waals surface area contributed by atoms with Crippen LogP contribution in [0.1, 0.15) is 31.9 Å². The van der Waals surface area contributed by atoms with Gasteiger partial charge >= 0.3 is 6.18 Å². The first-order valence-corrected chi connectivity index (χ1v) is 11.0. The number of ether oxygens (including phenoxy) is 1.